The van der Waals surface area contributed by atoms with Crippen LogP contribution < -0.4 is 0 Å². The van der Waals surface area contributed by atoms with Gasteiger partial charge in [0.2, 0.25) is 0 Å². The quantitative estimate of drug-likeness (QED) is 0.735. The van der Waals surface area contributed by atoms with Gasteiger partial charge in [0.15, 0.2) is 0 Å². The van der Waals surface area contributed by atoms with Crippen LogP contribution in [0.15, 0.2) is 0 Å². The Labute approximate surface area is 106 Å². The summed E-state index contributed by atoms with van der Waals surface area (Å²) in [5, 5.41) is 0. The van der Waals surface area contributed by atoms with E-state index in [9.17, 15) is 4.79 Å². The van der Waals surface area contributed by atoms with Crippen LogP contribution >= 0.6 is 0 Å². The summed E-state index contributed by atoms with van der Waals surface area (Å²) in [6.07, 6.45) is 4.43. The summed E-state index contributed by atoms with van der Waals surface area (Å²) in [5.74, 6) is 0.558. The molecule has 0 aliphatic carbocycles. The number of ether oxygens (including phenoxy) is 1. The molecule has 17 heavy (non-hydrogen) atoms. The zero-order chi connectivity index (χ0) is 13.1. The largest absolute Gasteiger partial charge is 0.444 e. The van der Waals surface area contributed by atoms with E-state index in [0.717, 1.165) is 25.8 Å². The number of likely N-dealkylation sites (tertiary alicyclic amines) is 1. The van der Waals surface area contributed by atoms with E-state index in [1.54, 1.807) is 0 Å². The Bertz CT molecular complexity index is 257. The predicted octanol–water partition coefficient (Wildman–Crippen LogP) is 3.82. The number of hydrogen-bond donors (Lipinski definition) is 0. The molecule has 0 bridgehead atoms. The molecule has 0 aromatic carbocycles. The fourth-order valence-electron chi connectivity index (χ4n) is 2.37. The summed E-state index contributed by atoms with van der Waals surface area (Å²) in [6.45, 7) is 11.0. The van der Waals surface area contributed by atoms with Gasteiger partial charge in [-0.15, -0.1) is 0 Å². The summed E-state index contributed by atoms with van der Waals surface area (Å²) in [5.41, 5.74) is -0.394. The van der Waals surface area contributed by atoms with E-state index < -0.39 is 5.60 Å². The van der Waals surface area contributed by atoms with Gasteiger partial charge >= 0.3 is 6.09 Å². The Balaban J connectivity index is 2.67. The van der Waals surface area contributed by atoms with Gasteiger partial charge in [-0.1, -0.05) is 20.3 Å². The van der Waals surface area contributed by atoms with E-state index in [2.05, 4.69) is 13.8 Å². The minimum Gasteiger partial charge on any atom is -0.444 e. The minimum atomic E-state index is -0.394. The molecule has 1 aliphatic rings. The molecule has 0 spiro atoms. The Morgan fingerprint density at radius 2 is 2.06 bits per heavy atom. The molecule has 3 heteroatoms. The summed E-state index contributed by atoms with van der Waals surface area (Å²) in [7, 11) is 0. The molecule has 1 amide bonds. The van der Waals surface area contributed by atoms with E-state index in [1.807, 2.05) is 25.7 Å². The third kappa shape index (κ3) is 4.21. The third-order valence-corrected chi connectivity index (χ3v) is 3.48. The number of nitrogens with zero attached hydrogens (tertiary/aromatic N) is 1. The van der Waals surface area contributed by atoms with Crippen LogP contribution in [-0.4, -0.2) is 29.2 Å². The van der Waals surface area contributed by atoms with Crippen LogP contribution in [-0.2, 0) is 4.74 Å². The number of carbonyl (C=O) groups is 1. The molecule has 1 aliphatic heterocycles. The van der Waals surface area contributed by atoms with Crippen LogP contribution in [0.3, 0.4) is 0 Å². The van der Waals surface area contributed by atoms with Gasteiger partial charge in [0.1, 0.15) is 5.60 Å². The number of hydrogen-bond acceptors (Lipinski definition) is 2. The highest BCUT2D eigenvalue weighted by molar-refractivity contribution is 5.68. The van der Waals surface area contributed by atoms with Gasteiger partial charge < -0.3 is 9.64 Å². The predicted molar refractivity (Wildman–Crippen MR) is 70.0 cm³/mol. The molecular formula is C14H27NO2. The van der Waals surface area contributed by atoms with E-state index in [-0.39, 0.29) is 6.09 Å². The van der Waals surface area contributed by atoms with E-state index >= 15 is 0 Å². The molecule has 0 saturated carbocycles. The monoisotopic (exact) mass is 241 g/mol. The smallest absolute Gasteiger partial charge is 0.410 e. The first kappa shape index (κ1) is 14.3. The van der Waals surface area contributed by atoms with E-state index in [1.165, 1.54) is 6.42 Å². The molecule has 1 saturated heterocycles. The molecule has 2 atom stereocenters. The summed E-state index contributed by atoms with van der Waals surface area (Å²) in [4.78, 5) is 14.1. The maximum absolute atomic E-state index is 12.1. The normalized spacial score (nSPS) is 23.4. The average molecular weight is 241 g/mol. The highest BCUT2D eigenvalue weighted by Gasteiger charge is 2.32. The van der Waals surface area contributed by atoms with Crippen molar-refractivity contribution in [3.63, 3.8) is 0 Å². The Morgan fingerprint density at radius 1 is 1.41 bits per heavy atom. The molecule has 1 fully saturated rings. The van der Waals surface area contributed by atoms with Gasteiger partial charge in [-0.25, -0.2) is 4.79 Å². The van der Waals surface area contributed by atoms with Crippen LogP contribution in [0, 0.1) is 5.92 Å². The lowest BCUT2D eigenvalue weighted by molar-refractivity contribution is 0.00240. The van der Waals surface area contributed by atoms with Crippen LogP contribution in [0.1, 0.15) is 60.3 Å². The van der Waals surface area contributed by atoms with Gasteiger partial charge in [0.05, 0.1) is 0 Å². The Kier molecular flexibility index (Phi) is 4.84. The molecule has 0 N–H and O–H groups in total. The lowest BCUT2D eigenvalue weighted by Crippen LogP contribution is -2.48. The first-order chi connectivity index (χ1) is 7.85. The maximum atomic E-state index is 12.1. The first-order valence-corrected chi connectivity index (χ1v) is 6.84. The van der Waals surface area contributed by atoms with Gasteiger partial charge in [0.25, 0.3) is 0 Å². The van der Waals surface area contributed by atoms with Crippen molar-refractivity contribution in [2.75, 3.05) is 6.54 Å². The standard InChI is InChI=1S/C14H27NO2/c1-6-11(2)12-9-7-8-10-15(12)13(16)17-14(3,4)5/h11-12H,6-10H2,1-5H3. The van der Waals surface area contributed by atoms with Crippen LogP contribution in [0.5, 0.6) is 0 Å². The molecule has 1 rings (SSSR count). The number of piperidine rings is 1. The van der Waals surface area contributed by atoms with Crippen molar-refractivity contribution in [1.29, 1.82) is 0 Å². The lowest BCUT2D eigenvalue weighted by Gasteiger charge is -2.39. The van der Waals surface area contributed by atoms with Gasteiger partial charge in [-0.2, -0.15) is 0 Å². The minimum absolute atomic E-state index is 0.137. The fourth-order valence-corrected chi connectivity index (χ4v) is 2.37. The van der Waals surface area contributed by atoms with Crippen molar-refractivity contribution < 1.29 is 9.53 Å². The van der Waals surface area contributed by atoms with E-state index in [4.69, 9.17) is 4.74 Å². The molecular weight excluding hydrogens is 214 g/mol. The average Bonchev–Trinajstić information content (AvgIpc) is 2.25. The second-order valence-electron chi connectivity index (χ2n) is 6.12. The number of rotatable bonds is 2. The third-order valence-electron chi connectivity index (χ3n) is 3.48. The van der Waals surface area contributed by atoms with Crippen molar-refractivity contribution >= 4 is 6.09 Å². The first-order valence-electron chi connectivity index (χ1n) is 6.84. The zero-order valence-electron chi connectivity index (χ0n) is 12.0. The fraction of sp³-hybridized carbons (Fsp3) is 0.929. The van der Waals surface area contributed by atoms with Gasteiger partial charge in [0, 0.05) is 12.6 Å². The summed E-state index contributed by atoms with van der Waals surface area (Å²) >= 11 is 0. The van der Waals surface area contributed by atoms with Crippen molar-refractivity contribution in [2.24, 2.45) is 5.92 Å². The second-order valence-corrected chi connectivity index (χ2v) is 6.12. The van der Waals surface area contributed by atoms with E-state index in [0.29, 0.717) is 12.0 Å². The summed E-state index contributed by atoms with van der Waals surface area (Å²) in [6, 6.07) is 0.364. The van der Waals surface area contributed by atoms with Crippen molar-refractivity contribution in [2.45, 2.75) is 71.9 Å². The topological polar surface area (TPSA) is 29.5 Å². The van der Waals surface area contributed by atoms with Crippen molar-refractivity contribution in [3.05, 3.63) is 0 Å². The van der Waals surface area contributed by atoms with Crippen LogP contribution in [0.25, 0.3) is 0 Å². The highest BCUT2D eigenvalue weighted by Crippen LogP contribution is 2.26. The molecule has 0 radical (unpaired) electrons. The maximum Gasteiger partial charge on any atom is 0.410 e. The Morgan fingerprint density at radius 3 is 2.59 bits per heavy atom. The molecule has 0 aromatic heterocycles. The summed E-state index contributed by atoms with van der Waals surface area (Å²) < 4.78 is 5.49. The molecule has 2 unspecified atom stereocenters. The van der Waals surface area contributed by atoms with Gasteiger partial charge in [-0.05, 0) is 46.0 Å². The lowest BCUT2D eigenvalue weighted by atomic mass is 9.90. The highest BCUT2D eigenvalue weighted by atomic mass is 16.6. The van der Waals surface area contributed by atoms with Crippen LogP contribution in [0.2, 0.25) is 0 Å². The van der Waals surface area contributed by atoms with Crippen molar-refractivity contribution in [1.82, 2.24) is 4.90 Å². The molecule has 3 nitrogen and oxygen atoms in total. The molecule has 0 aromatic rings. The Hall–Kier alpha value is -0.730. The SMILES string of the molecule is CCC(C)C1CCCCN1C(=O)OC(C)(C)C. The molecule has 100 valence electrons. The van der Waals surface area contributed by atoms with Crippen molar-refractivity contribution in [3.8, 4) is 0 Å². The number of amides is 1. The number of carbonyl (C=O) groups excluding carboxylic acids is 1. The van der Waals surface area contributed by atoms with Gasteiger partial charge in [-0.3, -0.25) is 0 Å². The molecule has 1 heterocycles. The van der Waals surface area contributed by atoms with Crippen LogP contribution in [0.4, 0.5) is 4.79 Å². The second kappa shape index (κ2) is 5.74. The zero-order valence-corrected chi connectivity index (χ0v) is 12.0.